The van der Waals surface area contributed by atoms with Crippen LogP contribution >= 0.6 is 0 Å². The molecule has 0 aromatic heterocycles. The number of carbonyl (C=O) groups is 4. The number of amides is 4. The average Bonchev–Trinajstić information content (AvgIpc) is 3.58. The molecular formula is C36H51F3N6O4. The van der Waals surface area contributed by atoms with Crippen molar-refractivity contribution in [2.75, 3.05) is 58.9 Å². The van der Waals surface area contributed by atoms with Gasteiger partial charge in [0.05, 0.1) is 12.6 Å². The highest BCUT2D eigenvalue weighted by Gasteiger charge is 2.42. The van der Waals surface area contributed by atoms with Gasteiger partial charge in [0.15, 0.2) is 0 Å². The van der Waals surface area contributed by atoms with Crippen molar-refractivity contribution in [2.24, 2.45) is 11.8 Å². The number of hydrogen-bond acceptors (Lipinski definition) is 6. The lowest BCUT2D eigenvalue weighted by molar-refractivity contribution is -0.141. The van der Waals surface area contributed by atoms with Gasteiger partial charge in [0.2, 0.25) is 23.6 Å². The smallest absolute Gasteiger partial charge is 0.251 e. The number of nitrogens with one attached hydrogen (secondary N) is 2. The summed E-state index contributed by atoms with van der Waals surface area (Å²) in [4.78, 5) is 61.8. The first kappa shape index (κ1) is 35.6. The van der Waals surface area contributed by atoms with Crippen molar-refractivity contribution in [1.82, 2.24) is 30.2 Å². The van der Waals surface area contributed by atoms with E-state index < -0.39 is 11.7 Å². The normalized spacial score (nSPS) is 28.6. The van der Waals surface area contributed by atoms with Crippen LogP contribution in [0.25, 0.3) is 0 Å². The van der Waals surface area contributed by atoms with Crippen LogP contribution in [0.1, 0.15) is 81.0 Å². The molecule has 1 aliphatic carbocycles. The quantitative estimate of drug-likeness (QED) is 0.493. The molecule has 6 aliphatic rings. The minimum absolute atomic E-state index is 0.0871. The second kappa shape index (κ2) is 15.8. The zero-order valence-electron chi connectivity index (χ0n) is 28.4. The van der Waals surface area contributed by atoms with Crippen LogP contribution in [0.5, 0.6) is 0 Å². The van der Waals surface area contributed by atoms with Crippen molar-refractivity contribution >= 4 is 23.6 Å². The molecule has 13 heteroatoms. The number of hydrogen-bond donors (Lipinski definition) is 2. The first-order valence-corrected chi connectivity index (χ1v) is 18.3. The Bertz CT molecular complexity index is 1330. The third kappa shape index (κ3) is 8.95. The van der Waals surface area contributed by atoms with Gasteiger partial charge < -0.3 is 25.3 Å². The molecule has 49 heavy (non-hydrogen) atoms. The summed E-state index contributed by atoms with van der Waals surface area (Å²) in [5, 5.41) is 5.81. The number of likely N-dealkylation sites (tertiary alicyclic amines) is 1. The molecular weight excluding hydrogens is 637 g/mol. The summed E-state index contributed by atoms with van der Waals surface area (Å²) in [5.41, 5.74) is 0.308. The molecule has 1 aromatic carbocycles. The van der Waals surface area contributed by atoms with Gasteiger partial charge in [0.1, 0.15) is 5.82 Å². The summed E-state index contributed by atoms with van der Waals surface area (Å²) in [6.07, 6.45) is 5.86. The summed E-state index contributed by atoms with van der Waals surface area (Å²) in [6.45, 7) is 4.14. The van der Waals surface area contributed by atoms with Crippen molar-refractivity contribution in [3.05, 3.63) is 35.6 Å². The molecule has 6 fully saturated rings. The Morgan fingerprint density at radius 3 is 2.35 bits per heavy atom. The molecule has 7 rings (SSSR count). The van der Waals surface area contributed by atoms with Gasteiger partial charge in [0.25, 0.3) is 5.91 Å². The molecule has 1 aromatic rings. The fourth-order valence-corrected chi connectivity index (χ4v) is 8.83. The van der Waals surface area contributed by atoms with Crippen LogP contribution in [0.4, 0.5) is 13.2 Å². The van der Waals surface area contributed by atoms with Gasteiger partial charge in [0, 0.05) is 76.2 Å². The molecule has 1 saturated carbocycles. The predicted octanol–water partition coefficient (Wildman–Crippen LogP) is 3.27. The van der Waals surface area contributed by atoms with E-state index in [1.54, 1.807) is 4.90 Å². The van der Waals surface area contributed by atoms with E-state index in [4.69, 9.17) is 0 Å². The van der Waals surface area contributed by atoms with Gasteiger partial charge in [-0.3, -0.25) is 24.1 Å². The Hall–Kier alpha value is -3.19. The fraction of sp³-hybridized carbons (Fsp3) is 0.722. The summed E-state index contributed by atoms with van der Waals surface area (Å²) in [7, 11) is 0. The largest absolute Gasteiger partial charge is 0.355 e. The minimum atomic E-state index is -2.58. The molecule has 2 bridgehead atoms. The molecule has 4 amide bonds. The Kier molecular flexibility index (Phi) is 11.5. The lowest BCUT2D eigenvalue weighted by Crippen LogP contribution is -2.54. The lowest BCUT2D eigenvalue weighted by Gasteiger charge is -2.45. The summed E-state index contributed by atoms with van der Waals surface area (Å²) in [6, 6.07) is 5.16. The predicted molar refractivity (Wildman–Crippen MR) is 177 cm³/mol. The third-order valence-electron chi connectivity index (χ3n) is 11.7. The Balaban J connectivity index is 1.14. The molecule has 270 valence electrons. The van der Waals surface area contributed by atoms with E-state index in [-0.39, 0.29) is 86.1 Å². The monoisotopic (exact) mass is 688 g/mol. The Morgan fingerprint density at radius 2 is 1.61 bits per heavy atom. The van der Waals surface area contributed by atoms with Gasteiger partial charge in [-0.05, 0) is 101 Å². The van der Waals surface area contributed by atoms with Crippen LogP contribution in [0.2, 0.25) is 0 Å². The van der Waals surface area contributed by atoms with E-state index in [9.17, 15) is 32.3 Å². The number of halogens is 3. The zero-order chi connectivity index (χ0) is 34.5. The number of piperidine rings is 2. The van der Waals surface area contributed by atoms with Crippen LogP contribution in [-0.4, -0.2) is 126 Å². The number of fused-ring (bicyclic) bond motifs is 9. The van der Waals surface area contributed by atoms with Crippen LogP contribution in [0, 0.1) is 17.7 Å². The number of rotatable bonds is 5. The molecule has 0 unspecified atom stereocenters. The second-order valence-corrected chi connectivity index (χ2v) is 14.8. The van der Waals surface area contributed by atoms with E-state index in [2.05, 4.69) is 20.4 Å². The van der Waals surface area contributed by atoms with Gasteiger partial charge in [-0.15, -0.1) is 0 Å². The van der Waals surface area contributed by atoms with Crippen LogP contribution in [0.15, 0.2) is 24.3 Å². The number of alkyl halides is 2. The summed E-state index contributed by atoms with van der Waals surface area (Å²) < 4.78 is 41.2. The second-order valence-electron chi connectivity index (χ2n) is 14.8. The van der Waals surface area contributed by atoms with Gasteiger partial charge in [-0.1, -0.05) is 0 Å². The maximum absolute atomic E-state index is 14.1. The Morgan fingerprint density at radius 1 is 0.878 bits per heavy atom. The topological polar surface area (TPSA) is 105 Å². The van der Waals surface area contributed by atoms with Crippen molar-refractivity contribution < 1.29 is 32.3 Å². The van der Waals surface area contributed by atoms with Gasteiger partial charge >= 0.3 is 0 Å². The van der Waals surface area contributed by atoms with Crippen LogP contribution < -0.4 is 10.6 Å². The average molecular weight is 689 g/mol. The van der Waals surface area contributed by atoms with E-state index >= 15 is 0 Å². The maximum Gasteiger partial charge on any atom is 0.251 e. The molecule has 5 heterocycles. The summed E-state index contributed by atoms with van der Waals surface area (Å²) in [5.74, 6) is -3.37. The van der Waals surface area contributed by atoms with Gasteiger partial charge in [-0.2, -0.15) is 0 Å². The van der Waals surface area contributed by atoms with Crippen LogP contribution in [-0.2, 0) is 14.4 Å². The van der Waals surface area contributed by atoms with E-state index in [0.29, 0.717) is 57.3 Å². The third-order valence-corrected chi connectivity index (χ3v) is 11.7. The van der Waals surface area contributed by atoms with Gasteiger partial charge in [-0.25, -0.2) is 13.2 Å². The molecule has 2 N–H and O–H groups in total. The SMILES string of the molecule is O=C1CN(CCNC(=O)c2ccc(F)cc2)C(=O)[C@@H]2CCCN2C2CCN(CC2)C(=O)C[C@@H]2CCN(C3CCC(F)(F)CC3)C[C@@H]2CCN1. The molecule has 3 atom stereocenters. The standard InChI is InChI=1S/C36H51F3N6O4/c37-28-5-3-25(4-6-28)34(48)41-16-21-44-24-32(46)40-15-9-27-23-43(29-7-13-36(38,39)14-8-29)18-10-26(27)22-33(47)42-19-11-30(12-20-42)45-17-1-2-31(45)35(44)49/h3-6,26-27,29-31H,1-2,7-24H2,(H,40,46)(H,41,48)/t26-,27-,31-/m0/s1. The Labute approximate surface area is 287 Å². The highest BCUT2D eigenvalue weighted by molar-refractivity contribution is 5.94. The molecule has 0 radical (unpaired) electrons. The van der Waals surface area contributed by atoms with E-state index in [1.807, 2.05) is 4.90 Å². The van der Waals surface area contributed by atoms with Crippen molar-refractivity contribution in [2.45, 2.75) is 94.7 Å². The molecule has 5 saturated heterocycles. The maximum atomic E-state index is 14.1. The molecule has 5 aliphatic heterocycles. The molecule has 0 spiro atoms. The first-order chi connectivity index (χ1) is 23.6. The van der Waals surface area contributed by atoms with Crippen molar-refractivity contribution in [1.29, 1.82) is 0 Å². The number of nitrogens with zero attached hydrogens (tertiary/aromatic N) is 4. The fourth-order valence-electron chi connectivity index (χ4n) is 8.83. The highest BCUT2D eigenvalue weighted by atomic mass is 19.3. The number of benzene rings is 1. The number of carbonyl (C=O) groups excluding carboxylic acids is 4. The highest BCUT2D eigenvalue weighted by Crippen LogP contribution is 2.38. The zero-order valence-corrected chi connectivity index (χ0v) is 28.4. The van der Waals surface area contributed by atoms with Crippen LogP contribution in [0.3, 0.4) is 0 Å². The lowest BCUT2D eigenvalue weighted by atomic mass is 9.79. The van der Waals surface area contributed by atoms with E-state index in [1.165, 1.54) is 24.3 Å². The minimum Gasteiger partial charge on any atom is -0.355 e. The first-order valence-electron chi connectivity index (χ1n) is 18.3. The summed E-state index contributed by atoms with van der Waals surface area (Å²) >= 11 is 0. The van der Waals surface area contributed by atoms with Crippen molar-refractivity contribution in [3.63, 3.8) is 0 Å². The van der Waals surface area contributed by atoms with E-state index in [0.717, 1.165) is 45.3 Å². The van der Waals surface area contributed by atoms with Crippen molar-refractivity contribution in [3.8, 4) is 0 Å². The molecule has 10 nitrogen and oxygen atoms in total.